The van der Waals surface area contributed by atoms with Crippen molar-refractivity contribution in [1.82, 2.24) is 14.9 Å². The highest BCUT2D eigenvalue weighted by Gasteiger charge is 2.19. The molecule has 6 heteroatoms. The van der Waals surface area contributed by atoms with Crippen LogP contribution in [-0.4, -0.2) is 28.1 Å². The molecular formula is C18H21N3O3. The van der Waals surface area contributed by atoms with Crippen LogP contribution < -0.4 is 10.9 Å². The van der Waals surface area contributed by atoms with Gasteiger partial charge in [0.05, 0.1) is 19.0 Å². The van der Waals surface area contributed by atoms with Gasteiger partial charge in [0, 0.05) is 24.2 Å². The molecular weight excluding hydrogens is 306 g/mol. The zero-order chi connectivity index (χ0) is 17.1. The molecule has 1 N–H and O–H groups in total. The lowest BCUT2D eigenvalue weighted by Gasteiger charge is -2.25. The summed E-state index contributed by atoms with van der Waals surface area (Å²) in [6.07, 6.45) is 2.15. The van der Waals surface area contributed by atoms with E-state index in [0.717, 1.165) is 6.42 Å². The molecule has 6 nitrogen and oxygen atoms in total. The Hall–Kier alpha value is -2.47. The minimum absolute atomic E-state index is 0.0315. The van der Waals surface area contributed by atoms with Crippen LogP contribution in [0.1, 0.15) is 22.4 Å². The average Bonchev–Trinajstić information content (AvgIpc) is 2.60. The molecule has 1 aliphatic rings. The maximum Gasteiger partial charge on any atom is 0.256 e. The monoisotopic (exact) mass is 327 g/mol. The lowest BCUT2D eigenvalue weighted by Crippen LogP contribution is -2.39. The van der Waals surface area contributed by atoms with Crippen molar-refractivity contribution < 1.29 is 9.53 Å². The second kappa shape index (κ2) is 6.97. The Morgan fingerprint density at radius 3 is 2.88 bits per heavy atom. The van der Waals surface area contributed by atoms with Crippen molar-refractivity contribution in [3.63, 3.8) is 0 Å². The van der Waals surface area contributed by atoms with E-state index in [1.165, 1.54) is 22.0 Å². The first kappa shape index (κ1) is 16.4. The molecule has 1 atom stereocenters. The van der Waals surface area contributed by atoms with E-state index in [9.17, 15) is 9.59 Å². The number of fused-ring (bicyclic) bond motifs is 1. The van der Waals surface area contributed by atoms with Gasteiger partial charge >= 0.3 is 0 Å². The van der Waals surface area contributed by atoms with Gasteiger partial charge in [-0.15, -0.1) is 0 Å². The molecule has 1 aromatic heterocycles. The third kappa shape index (κ3) is 3.54. The predicted molar refractivity (Wildman–Crippen MR) is 89.7 cm³/mol. The topological polar surface area (TPSA) is 73.2 Å². The summed E-state index contributed by atoms with van der Waals surface area (Å²) in [6, 6.07) is 8.16. The summed E-state index contributed by atoms with van der Waals surface area (Å²) < 4.78 is 7.10. The zero-order valence-electron chi connectivity index (χ0n) is 13.9. The summed E-state index contributed by atoms with van der Waals surface area (Å²) in [5.74, 6) is -0.218. The molecule has 1 aliphatic heterocycles. The molecule has 24 heavy (non-hydrogen) atoms. The molecule has 1 aromatic carbocycles. The molecule has 3 rings (SSSR count). The van der Waals surface area contributed by atoms with Gasteiger partial charge in [-0.1, -0.05) is 24.3 Å². The molecule has 2 heterocycles. The molecule has 0 bridgehead atoms. The second-order valence-corrected chi connectivity index (χ2v) is 6.10. The summed E-state index contributed by atoms with van der Waals surface area (Å²) in [4.78, 5) is 28.3. The van der Waals surface area contributed by atoms with Gasteiger partial charge in [-0.05, 0) is 25.0 Å². The number of nitrogens with one attached hydrogen (secondary N) is 1. The number of carbonyl (C=O) groups is 1. The molecule has 0 fully saturated rings. The van der Waals surface area contributed by atoms with Gasteiger partial charge in [-0.2, -0.15) is 0 Å². The Labute approximate surface area is 140 Å². The Morgan fingerprint density at radius 2 is 2.08 bits per heavy atom. The van der Waals surface area contributed by atoms with Crippen LogP contribution in [0.4, 0.5) is 0 Å². The number of ether oxygens (including phenoxy) is 1. The van der Waals surface area contributed by atoms with Gasteiger partial charge in [-0.25, -0.2) is 4.98 Å². The summed E-state index contributed by atoms with van der Waals surface area (Å²) in [7, 11) is 0. The molecule has 1 amide bonds. The van der Waals surface area contributed by atoms with Crippen LogP contribution in [0.3, 0.4) is 0 Å². The van der Waals surface area contributed by atoms with Crippen molar-refractivity contribution in [1.29, 1.82) is 0 Å². The van der Waals surface area contributed by atoms with E-state index in [1.807, 2.05) is 12.1 Å². The molecule has 0 saturated heterocycles. The standard InChI is InChI=1S/C18H21N3O3/c1-12-13(2)20-11-21(18(12)23)9-17(22)19-8-16-7-14-5-3-4-6-15(14)10-24-16/h3-6,11,16H,7-10H2,1-2H3,(H,19,22). The first-order valence-corrected chi connectivity index (χ1v) is 8.02. The fraction of sp³-hybridized carbons (Fsp3) is 0.389. The SMILES string of the molecule is Cc1ncn(CC(=O)NCC2Cc3ccccc3CO2)c(=O)c1C. The fourth-order valence-corrected chi connectivity index (χ4v) is 2.77. The van der Waals surface area contributed by atoms with Crippen molar-refractivity contribution >= 4 is 5.91 Å². The molecule has 126 valence electrons. The molecule has 0 aliphatic carbocycles. The Bertz CT molecular complexity index is 813. The van der Waals surface area contributed by atoms with E-state index < -0.39 is 0 Å². The minimum atomic E-state index is -0.218. The highest BCUT2D eigenvalue weighted by molar-refractivity contribution is 5.75. The van der Waals surface area contributed by atoms with Crippen molar-refractivity contribution in [2.45, 2.75) is 39.5 Å². The summed E-state index contributed by atoms with van der Waals surface area (Å²) >= 11 is 0. The minimum Gasteiger partial charge on any atom is -0.371 e. The quantitative estimate of drug-likeness (QED) is 0.913. The number of carbonyl (C=O) groups excluding carboxylic acids is 1. The summed E-state index contributed by atoms with van der Waals surface area (Å²) in [5, 5.41) is 2.84. The van der Waals surface area contributed by atoms with Crippen LogP contribution in [-0.2, 0) is 29.1 Å². The van der Waals surface area contributed by atoms with E-state index in [1.54, 1.807) is 13.8 Å². The number of benzene rings is 1. The Balaban J connectivity index is 1.55. The Morgan fingerprint density at radius 1 is 1.33 bits per heavy atom. The van der Waals surface area contributed by atoms with E-state index in [0.29, 0.717) is 24.4 Å². The van der Waals surface area contributed by atoms with Gasteiger partial charge in [-0.3, -0.25) is 14.2 Å². The maximum atomic E-state index is 12.1. The molecule has 2 aromatic rings. The molecule has 0 radical (unpaired) electrons. The van der Waals surface area contributed by atoms with Gasteiger partial charge in [0.15, 0.2) is 0 Å². The van der Waals surface area contributed by atoms with Crippen LogP contribution in [0.5, 0.6) is 0 Å². The van der Waals surface area contributed by atoms with Crippen LogP contribution in [0, 0.1) is 13.8 Å². The lowest BCUT2D eigenvalue weighted by molar-refractivity contribution is -0.122. The van der Waals surface area contributed by atoms with E-state index in [-0.39, 0.29) is 24.1 Å². The van der Waals surface area contributed by atoms with Gasteiger partial charge < -0.3 is 10.1 Å². The third-order valence-electron chi connectivity index (χ3n) is 4.40. The van der Waals surface area contributed by atoms with E-state index >= 15 is 0 Å². The predicted octanol–water partition coefficient (Wildman–Crippen LogP) is 1.12. The smallest absolute Gasteiger partial charge is 0.256 e. The highest BCUT2D eigenvalue weighted by atomic mass is 16.5. The van der Waals surface area contributed by atoms with Crippen LogP contribution in [0.2, 0.25) is 0 Å². The largest absolute Gasteiger partial charge is 0.371 e. The van der Waals surface area contributed by atoms with Crippen LogP contribution >= 0.6 is 0 Å². The first-order valence-electron chi connectivity index (χ1n) is 8.02. The molecule has 0 spiro atoms. The summed E-state index contributed by atoms with van der Waals surface area (Å²) in [5.41, 5.74) is 3.54. The van der Waals surface area contributed by atoms with Gasteiger partial charge in [0.1, 0.15) is 6.54 Å². The van der Waals surface area contributed by atoms with Gasteiger partial charge in [0.2, 0.25) is 5.91 Å². The van der Waals surface area contributed by atoms with Crippen LogP contribution in [0.25, 0.3) is 0 Å². The number of aryl methyl sites for hydroxylation is 1. The normalized spacial score (nSPS) is 16.5. The molecule has 1 unspecified atom stereocenters. The number of aromatic nitrogens is 2. The molecule has 0 saturated carbocycles. The van der Waals surface area contributed by atoms with E-state index in [4.69, 9.17) is 4.74 Å². The zero-order valence-corrected chi connectivity index (χ0v) is 13.9. The van der Waals surface area contributed by atoms with Crippen molar-refractivity contribution in [2.75, 3.05) is 6.54 Å². The van der Waals surface area contributed by atoms with E-state index in [2.05, 4.69) is 22.4 Å². The number of hydrogen-bond donors (Lipinski definition) is 1. The third-order valence-corrected chi connectivity index (χ3v) is 4.40. The fourth-order valence-electron chi connectivity index (χ4n) is 2.77. The van der Waals surface area contributed by atoms with Crippen molar-refractivity contribution in [2.24, 2.45) is 0 Å². The highest BCUT2D eigenvalue weighted by Crippen LogP contribution is 2.19. The Kier molecular flexibility index (Phi) is 4.76. The van der Waals surface area contributed by atoms with Crippen LogP contribution in [0.15, 0.2) is 35.4 Å². The average molecular weight is 327 g/mol. The summed E-state index contributed by atoms with van der Waals surface area (Å²) in [6.45, 7) is 4.46. The maximum absolute atomic E-state index is 12.1. The lowest BCUT2D eigenvalue weighted by atomic mass is 9.99. The second-order valence-electron chi connectivity index (χ2n) is 6.10. The number of hydrogen-bond acceptors (Lipinski definition) is 4. The van der Waals surface area contributed by atoms with Crippen molar-refractivity contribution in [3.05, 3.63) is 63.3 Å². The number of nitrogens with zero attached hydrogens (tertiary/aromatic N) is 2. The number of rotatable bonds is 4. The first-order chi connectivity index (χ1) is 11.5. The van der Waals surface area contributed by atoms with Gasteiger partial charge in [0.25, 0.3) is 5.56 Å². The number of amides is 1. The van der Waals surface area contributed by atoms with Crippen molar-refractivity contribution in [3.8, 4) is 0 Å².